The summed E-state index contributed by atoms with van der Waals surface area (Å²) in [6, 6.07) is 11.3. The molecule has 23 heavy (non-hydrogen) atoms. The van der Waals surface area contributed by atoms with E-state index in [9.17, 15) is 0 Å². The summed E-state index contributed by atoms with van der Waals surface area (Å²) in [6.07, 6.45) is 0. The number of rotatable bonds is 0. The summed E-state index contributed by atoms with van der Waals surface area (Å²) in [5.41, 5.74) is 4.95. The first-order valence-electron chi connectivity index (χ1n) is 8.40. The normalized spacial score (nSPS) is 13.1. The van der Waals surface area contributed by atoms with Gasteiger partial charge in [0.05, 0.1) is 0 Å². The summed E-state index contributed by atoms with van der Waals surface area (Å²) in [4.78, 5) is 0. The van der Waals surface area contributed by atoms with Crippen molar-refractivity contribution in [3.8, 4) is 0 Å². The predicted molar refractivity (Wildman–Crippen MR) is 107 cm³/mol. The van der Waals surface area contributed by atoms with Crippen molar-refractivity contribution in [3.05, 3.63) is 47.0 Å². The maximum atomic E-state index is 2.42. The van der Waals surface area contributed by atoms with Gasteiger partial charge in [0.2, 0.25) is 0 Å². The number of fused-ring (bicyclic) bond motifs is 1. The number of hydrogen-bond acceptors (Lipinski definition) is 0. The Balaban J connectivity index is 0.00000264. The third kappa shape index (κ3) is 4.21. The zero-order valence-corrected chi connectivity index (χ0v) is 15.9. The van der Waals surface area contributed by atoms with Crippen molar-refractivity contribution in [1.29, 1.82) is 0 Å². The van der Waals surface area contributed by atoms with Gasteiger partial charge >= 0.3 is 29.6 Å². The molecule has 0 aliphatic rings. The molecule has 0 atom stereocenters. The molecule has 2 rings (SSSR count). The summed E-state index contributed by atoms with van der Waals surface area (Å²) in [6.45, 7) is 21.1. The van der Waals surface area contributed by atoms with Gasteiger partial charge in [0, 0.05) is 0 Å². The number of benzene rings is 2. The molecule has 122 valence electrons. The second-order valence-corrected chi connectivity index (χ2v) is 9.65. The van der Waals surface area contributed by atoms with Crippen LogP contribution in [0.5, 0.6) is 0 Å². The Morgan fingerprint density at radius 2 is 1.09 bits per heavy atom. The topological polar surface area (TPSA) is 0 Å². The fraction of sp³-hybridized carbons (Fsp3) is 0.545. The quantitative estimate of drug-likeness (QED) is 0.516. The molecule has 0 unspecified atom stereocenters. The monoisotopic (exact) mass is 320 g/mol. The molecule has 2 aromatic rings. The van der Waals surface area contributed by atoms with Crippen LogP contribution in [0.15, 0.2) is 30.3 Å². The maximum absolute atomic E-state index is 2.42. The second kappa shape index (κ2) is 6.54. The van der Waals surface area contributed by atoms with E-state index in [2.05, 4.69) is 92.6 Å². The SMILES string of the molecule is CC(C)(C)c1cc2ccccc2c(C(C)(C)C)c1C(C)(C)C.[NaH]. The Hall–Kier alpha value is -0.300. The molecular weight excluding hydrogens is 287 g/mol. The Morgan fingerprint density at radius 3 is 1.52 bits per heavy atom. The number of hydrogen-bond donors (Lipinski definition) is 0. The molecule has 0 aliphatic carbocycles. The van der Waals surface area contributed by atoms with E-state index in [1.54, 1.807) is 0 Å². The Bertz CT molecular complexity index is 689. The van der Waals surface area contributed by atoms with Gasteiger partial charge in [0.25, 0.3) is 0 Å². The molecule has 1 heteroatoms. The zero-order valence-electron chi connectivity index (χ0n) is 15.9. The van der Waals surface area contributed by atoms with Crippen LogP contribution in [0.2, 0.25) is 0 Å². The molecule has 0 saturated carbocycles. The Kier molecular flexibility index (Phi) is 5.90. The molecule has 0 aromatic heterocycles. The van der Waals surface area contributed by atoms with E-state index >= 15 is 0 Å². The summed E-state index contributed by atoms with van der Waals surface area (Å²) in [7, 11) is 0. The van der Waals surface area contributed by atoms with Crippen molar-refractivity contribution < 1.29 is 0 Å². The molecule has 0 aliphatic heterocycles. The van der Waals surface area contributed by atoms with Gasteiger partial charge in [0.1, 0.15) is 0 Å². The van der Waals surface area contributed by atoms with Crippen LogP contribution in [0.25, 0.3) is 10.8 Å². The first-order chi connectivity index (χ1) is 9.83. The van der Waals surface area contributed by atoms with Crippen LogP contribution in [0.1, 0.15) is 79.0 Å². The Morgan fingerprint density at radius 1 is 0.609 bits per heavy atom. The summed E-state index contributed by atoms with van der Waals surface area (Å²) in [5, 5.41) is 2.78. The van der Waals surface area contributed by atoms with Crippen LogP contribution in [0, 0.1) is 0 Å². The van der Waals surface area contributed by atoms with E-state index in [1.807, 2.05) is 0 Å². The van der Waals surface area contributed by atoms with Crippen molar-refractivity contribution in [2.75, 3.05) is 0 Å². The van der Waals surface area contributed by atoms with Crippen LogP contribution < -0.4 is 0 Å². The van der Waals surface area contributed by atoms with Crippen molar-refractivity contribution in [2.45, 2.75) is 78.6 Å². The molecular formula is C22H33Na. The second-order valence-electron chi connectivity index (χ2n) is 9.65. The van der Waals surface area contributed by atoms with Crippen molar-refractivity contribution in [3.63, 3.8) is 0 Å². The molecule has 2 aromatic carbocycles. The zero-order chi connectivity index (χ0) is 16.9. The third-order valence-corrected chi connectivity index (χ3v) is 4.36. The van der Waals surface area contributed by atoms with Gasteiger partial charge in [0.15, 0.2) is 0 Å². The summed E-state index contributed by atoms with van der Waals surface area (Å²) in [5.74, 6) is 0. The molecule has 0 heterocycles. The summed E-state index contributed by atoms with van der Waals surface area (Å²) >= 11 is 0. The van der Waals surface area contributed by atoms with Gasteiger partial charge in [-0.1, -0.05) is 92.6 Å². The van der Waals surface area contributed by atoms with Gasteiger partial charge in [-0.15, -0.1) is 0 Å². The van der Waals surface area contributed by atoms with Crippen LogP contribution in [0.4, 0.5) is 0 Å². The van der Waals surface area contributed by atoms with Crippen LogP contribution in [-0.2, 0) is 16.2 Å². The summed E-state index contributed by atoms with van der Waals surface area (Å²) < 4.78 is 0. The van der Waals surface area contributed by atoms with Gasteiger partial charge in [-0.25, -0.2) is 0 Å². The molecule has 0 bridgehead atoms. The van der Waals surface area contributed by atoms with Crippen LogP contribution >= 0.6 is 0 Å². The fourth-order valence-corrected chi connectivity index (χ4v) is 3.50. The molecule has 0 amide bonds. The van der Waals surface area contributed by atoms with E-state index in [4.69, 9.17) is 0 Å². The molecule has 0 spiro atoms. The first kappa shape index (κ1) is 20.7. The minimum absolute atomic E-state index is 0. The van der Waals surface area contributed by atoms with E-state index < -0.39 is 0 Å². The van der Waals surface area contributed by atoms with Gasteiger partial charge < -0.3 is 0 Å². The minimum atomic E-state index is 0. The van der Waals surface area contributed by atoms with E-state index in [1.165, 1.54) is 27.5 Å². The van der Waals surface area contributed by atoms with Gasteiger partial charge in [-0.2, -0.15) is 0 Å². The molecule has 0 nitrogen and oxygen atoms in total. The van der Waals surface area contributed by atoms with E-state index in [-0.39, 0.29) is 45.8 Å². The molecule has 0 fully saturated rings. The van der Waals surface area contributed by atoms with Gasteiger partial charge in [-0.05, 0) is 43.7 Å². The van der Waals surface area contributed by atoms with Crippen molar-refractivity contribution in [2.24, 2.45) is 0 Å². The molecule has 0 saturated heterocycles. The van der Waals surface area contributed by atoms with Crippen LogP contribution in [0.3, 0.4) is 0 Å². The van der Waals surface area contributed by atoms with Crippen molar-refractivity contribution >= 4 is 40.3 Å². The molecule has 0 N–H and O–H groups in total. The van der Waals surface area contributed by atoms with Gasteiger partial charge in [-0.3, -0.25) is 0 Å². The third-order valence-electron chi connectivity index (χ3n) is 4.36. The van der Waals surface area contributed by atoms with Crippen LogP contribution in [-0.4, -0.2) is 29.6 Å². The standard InChI is InChI=1S/C22H32.Na.H/c1-20(2,3)17-14-15-12-10-11-13-16(15)18(21(4,5)6)19(17)22(7,8)9;;/h10-14H,1-9H3;;. The van der Waals surface area contributed by atoms with Crippen molar-refractivity contribution in [1.82, 2.24) is 0 Å². The fourth-order valence-electron chi connectivity index (χ4n) is 3.50. The average molecular weight is 320 g/mol. The predicted octanol–water partition coefficient (Wildman–Crippen LogP) is 6.08. The van der Waals surface area contributed by atoms with E-state index in [0.29, 0.717) is 0 Å². The Labute approximate surface area is 165 Å². The van der Waals surface area contributed by atoms with E-state index in [0.717, 1.165) is 0 Å². The first-order valence-corrected chi connectivity index (χ1v) is 8.40. The average Bonchev–Trinajstić information content (AvgIpc) is 2.33. The molecule has 0 radical (unpaired) electrons.